The Balaban J connectivity index is 0.000000181. The van der Waals surface area contributed by atoms with Crippen molar-refractivity contribution in [3.63, 3.8) is 0 Å². The maximum absolute atomic E-state index is 8.49. The van der Waals surface area contributed by atoms with Crippen molar-refractivity contribution >= 4 is 82.3 Å². The predicted octanol–water partition coefficient (Wildman–Crippen LogP) is 13.0. The summed E-state index contributed by atoms with van der Waals surface area (Å²) in [4.78, 5) is 14.3. The van der Waals surface area contributed by atoms with Crippen LogP contribution in [0.25, 0.3) is 81.6 Å². The Morgan fingerprint density at radius 1 is 0.825 bits per heavy atom. The molecule has 57 heavy (non-hydrogen) atoms. The summed E-state index contributed by atoms with van der Waals surface area (Å²) in [7, 11) is 0. The summed E-state index contributed by atoms with van der Waals surface area (Å²) in [6.07, 6.45) is 1.91. The van der Waals surface area contributed by atoms with Crippen LogP contribution in [-0.4, -0.2) is 32.8 Å². The number of aryl methyl sites for hydroxylation is 2. The largest absolute Gasteiger partial charge is 0 e. The van der Waals surface area contributed by atoms with Crippen LogP contribution < -0.4 is 4.40 Å². The van der Waals surface area contributed by atoms with E-state index in [1.807, 2.05) is 68.6 Å². The molecular weight excluding hydrogens is 957 g/mol. The summed E-state index contributed by atoms with van der Waals surface area (Å²) in [5, 5.41) is 4.55. The molecule has 0 aliphatic carbocycles. The van der Waals surface area contributed by atoms with Crippen LogP contribution in [0.4, 0.5) is 0 Å². The number of fused-ring (bicyclic) bond motifs is 7. The SMILES string of the molecule is Cc1ccc2c(n1)oc1c(-c3nc4ccccc4n3-c3ccc4sc5ccccc5c4c3)[c-]ccc12.[2H]C([2H])([2H])c1c[c-]c(-c2cc(C([2H])(C)C)[c]([Ge]([CH3])([CH3])[CH3])cn2)cc1.[Ir]. The van der Waals surface area contributed by atoms with E-state index < -0.39 is 26.0 Å². The van der Waals surface area contributed by atoms with Gasteiger partial charge in [-0.25, -0.2) is 4.98 Å². The molecule has 0 atom stereocenters. The van der Waals surface area contributed by atoms with E-state index in [4.69, 9.17) is 14.9 Å². The van der Waals surface area contributed by atoms with Crippen molar-refractivity contribution < 1.29 is 30.0 Å². The Morgan fingerprint density at radius 2 is 1.63 bits per heavy atom. The fraction of sp³-hybridized carbons (Fsp3) is 0.163. The minimum atomic E-state index is -2.14. The molecular formula is C49H42GeIrN4OS-2. The number of benzene rings is 5. The third-order valence-electron chi connectivity index (χ3n) is 10.2. The molecule has 1 radical (unpaired) electrons. The van der Waals surface area contributed by atoms with Crippen LogP contribution in [0.1, 0.15) is 42.0 Å². The molecule has 5 heterocycles. The van der Waals surface area contributed by atoms with Crippen molar-refractivity contribution in [2.75, 3.05) is 0 Å². The number of aromatic nitrogens is 4. The van der Waals surface area contributed by atoms with Crippen molar-refractivity contribution in [1.29, 1.82) is 0 Å². The fourth-order valence-corrected chi connectivity index (χ4v) is 11.8. The van der Waals surface area contributed by atoms with Gasteiger partial charge in [0.1, 0.15) is 0 Å². The van der Waals surface area contributed by atoms with Gasteiger partial charge in [-0.2, -0.15) is 0 Å². The zero-order chi connectivity index (χ0) is 42.1. The van der Waals surface area contributed by atoms with Gasteiger partial charge >= 0.3 is 131 Å². The van der Waals surface area contributed by atoms with Gasteiger partial charge in [0.05, 0.1) is 22.4 Å². The first-order chi connectivity index (χ1) is 28.5. The molecule has 5 aromatic heterocycles. The number of thiophene rings is 1. The van der Waals surface area contributed by atoms with E-state index in [9.17, 15) is 0 Å². The van der Waals surface area contributed by atoms with Gasteiger partial charge in [0, 0.05) is 57.0 Å². The molecule has 0 aliphatic rings. The molecule has 0 unspecified atom stereocenters. The second-order valence-corrected chi connectivity index (χ2v) is 27.1. The monoisotopic (exact) mass is 1010 g/mol. The van der Waals surface area contributed by atoms with Crippen LogP contribution in [0, 0.1) is 25.9 Å². The second kappa shape index (κ2) is 15.4. The molecule has 10 rings (SSSR count). The molecule has 0 N–H and O–H groups in total. The Morgan fingerprint density at radius 3 is 2.42 bits per heavy atom. The maximum atomic E-state index is 8.49. The average molecular weight is 1000 g/mol. The van der Waals surface area contributed by atoms with Crippen LogP contribution in [0.2, 0.25) is 17.3 Å². The van der Waals surface area contributed by atoms with E-state index in [-0.39, 0.29) is 25.7 Å². The Labute approximate surface area is 359 Å². The van der Waals surface area contributed by atoms with Crippen LogP contribution in [0.5, 0.6) is 0 Å². The van der Waals surface area contributed by atoms with Gasteiger partial charge in [0.25, 0.3) is 0 Å². The van der Waals surface area contributed by atoms with Crippen molar-refractivity contribution in [2.45, 2.75) is 50.8 Å². The van der Waals surface area contributed by atoms with Crippen molar-refractivity contribution in [3.05, 3.63) is 150 Å². The summed E-state index contributed by atoms with van der Waals surface area (Å²) < 4.78 is 43.2. The number of furan rings is 1. The molecule has 0 saturated heterocycles. The van der Waals surface area contributed by atoms with Crippen LogP contribution >= 0.6 is 11.3 Å². The van der Waals surface area contributed by atoms with Gasteiger partial charge in [0.15, 0.2) is 0 Å². The van der Waals surface area contributed by atoms with Gasteiger partial charge in [-0.15, -0.1) is 29.5 Å². The van der Waals surface area contributed by atoms with Gasteiger partial charge in [-0.3, -0.25) is 4.98 Å². The minimum Gasteiger partial charge on any atom is 0 e. The van der Waals surface area contributed by atoms with E-state index in [1.54, 1.807) is 12.1 Å². The topological polar surface area (TPSA) is 56.7 Å². The Hall–Kier alpha value is -4.92. The van der Waals surface area contributed by atoms with E-state index in [1.165, 1.54) is 30.6 Å². The summed E-state index contributed by atoms with van der Waals surface area (Å²) in [6.45, 7) is 3.64. The Kier molecular flexibility index (Phi) is 9.25. The molecule has 10 aromatic rings. The fourth-order valence-electron chi connectivity index (χ4n) is 7.39. The number of hydrogen-bond donors (Lipinski definition) is 0. The molecule has 0 saturated carbocycles. The van der Waals surface area contributed by atoms with Crippen LogP contribution in [-0.2, 0) is 20.1 Å². The van der Waals surface area contributed by atoms with Crippen molar-refractivity contribution in [2.24, 2.45) is 0 Å². The normalized spacial score (nSPS) is 13.2. The third kappa shape index (κ3) is 7.27. The van der Waals surface area contributed by atoms with E-state index in [2.05, 4.69) is 111 Å². The Bertz CT molecular complexity index is 3250. The second-order valence-electron chi connectivity index (χ2n) is 15.4. The zero-order valence-electron chi connectivity index (χ0n) is 36.5. The quantitative estimate of drug-likeness (QED) is 0.127. The molecule has 0 aliphatic heterocycles. The first kappa shape index (κ1) is 34.2. The summed E-state index contributed by atoms with van der Waals surface area (Å²) >= 11 is -0.316. The number of nitrogens with zero attached hydrogens (tertiary/aromatic N) is 4. The van der Waals surface area contributed by atoms with Gasteiger partial charge < -0.3 is 8.98 Å². The molecule has 285 valence electrons. The number of pyridine rings is 2. The molecule has 8 heteroatoms. The molecule has 5 aromatic carbocycles. The first-order valence-electron chi connectivity index (χ1n) is 20.7. The van der Waals surface area contributed by atoms with Crippen LogP contribution in [0.3, 0.4) is 0 Å². The average Bonchev–Trinajstić information content (AvgIpc) is 3.90. The standard InChI is InChI=1S/C31H18N3OS.C18H24GeN.Ir/c1-18-13-15-22-21-8-6-9-23(29(21)35-31(22)32-18)30-33-25-10-3-4-11-26(25)34(30)19-14-16-28-24(17-19)20-7-2-5-12-27(20)36-28;1-13(2)16-11-18(15-9-7-14(3)8-10-15)20-12-17(16)19(4,5)6;/h2-8,10-17H,1H3;7-9,11-13H,1-6H3;/q2*-1;/i;3D3,13D;. The maximum Gasteiger partial charge on any atom is 0 e. The van der Waals surface area contributed by atoms with Gasteiger partial charge in [0.2, 0.25) is 5.71 Å². The number of hydrogen-bond acceptors (Lipinski definition) is 5. The molecule has 0 bridgehead atoms. The van der Waals surface area contributed by atoms with E-state index >= 15 is 0 Å². The summed E-state index contributed by atoms with van der Waals surface area (Å²) in [5.41, 5.74) is 8.95. The molecule has 0 fully saturated rings. The van der Waals surface area contributed by atoms with Crippen molar-refractivity contribution in [3.8, 4) is 28.3 Å². The van der Waals surface area contributed by atoms with Crippen LogP contribution in [0.15, 0.2) is 126 Å². The number of rotatable bonds is 5. The van der Waals surface area contributed by atoms with Gasteiger partial charge in [-0.1, -0.05) is 41.3 Å². The van der Waals surface area contributed by atoms with Crippen molar-refractivity contribution in [1.82, 2.24) is 19.5 Å². The van der Waals surface area contributed by atoms with Gasteiger partial charge in [-0.05, 0) is 55.5 Å². The molecule has 0 spiro atoms. The summed E-state index contributed by atoms with van der Waals surface area (Å²) in [5.74, 6) is 6.98. The smallest absolute Gasteiger partial charge is 0 e. The third-order valence-corrected chi connectivity index (χ3v) is 15.6. The first-order valence-corrected chi connectivity index (χ1v) is 26.8. The number of para-hydroxylation sites is 2. The van der Waals surface area contributed by atoms with E-state index in [0.29, 0.717) is 5.71 Å². The predicted molar refractivity (Wildman–Crippen MR) is 238 cm³/mol. The minimum absolute atomic E-state index is 0. The molecule has 0 amide bonds. The van der Waals surface area contributed by atoms with E-state index in [0.717, 1.165) is 67.0 Å². The molecule has 5 nitrogen and oxygen atoms in total. The summed E-state index contributed by atoms with van der Waals surface area (Å²) in [6, 6.07) is 44.9. The number of imidazole rings is 1. The zero-order valence-corrected chi connectivity index (χ0v) is 37.8.